The molecule has 1 aromatic carbocycles. The van der Waals surface area contributed by atoms with Crippen molar-refractivity contribution < 1.29 is 4.74 Å². The second kappa shape index (κ2) is 5.85. The maximum absolute atomic E-state index is 5.19. The maximum atomic E-state index is 5.19. The first-order valence-corrected chi connectivity index (χ1v) is 6.94. The standard InChI is InChI=1S/C16H25NO/c1-13-4-6-15(7-5-13)14(2)17-12-16(8-9-16)10-11-18-3/h4-7,14,17H,8-12H2,1-3H3. The lowest BCUT2D eigenvalue weighted by molar-refractivity contribution is 0.170. The van der Waals surface area contributed by atoms with Crippen molar-refractivity contribution in [2.75, 3.05) is 20.3 Å². The molecule has 0 spiro atoms. The summed E-state index contributed by atoms with van der Waals surface area (Å²) in [6.45, 7) is 6.38. The number of benzene rings is 1. The average Bonchev–Trinajstić information content (AvgIpc) is 3.15. The van der Waals surface area contributed by atoms with Gasteiger partial charge >= 0.3 is 0 Å². The van der Waals surface area contributed by atoms with Gasteiger partial charge in [-0.05, 0) is 44.1 Å². The molecule has 1 atom stereocenters. The fraction of sp³-hybridized carbons (Fsp3) is 0.625. The van der Waals surface area contributed by atoms with Crippen LogP contribution >= 0.6 is 0 Å². The summed E-state index contributed by atoms with van der Waals surface area (Å²) >= 11 is 0. The molecule has 1 fully saturated rings. The van der Waals surface area contributed by atoms with Gasteiger partial charge in [0, 0.05) is 26.3 Å². The summed E-state index contributed by atoms with van der Waals surface area (Å²) in [6.07, 6.45) is 3.89. The third kappa shape index (κ3) is 3.56. The van der Waals surface area contributed by atoms with E-state index in [0.717, 1.165) is 13.2 Å². The first kappa shape index (κ1) is 13.6. The van der Waals surface area contributed by atoms with E-state index in [-0.39, 0.29) is 0 Å². The molecule has 1 aromatic rings. The predicted octanol–water partition coefficient (Wildman–Crippen LogP) is 3.46. The zero-order chi connectivity index (χ0) is 13.0. The molecule has 2 rings (SSSR count). The number of methoxy groups -OCH3 is 1. The van der Waals surface area contributed by atoms with Crippen molar-refractivity contribution in [1.29, 1.82) is 0 Å². The van der Waals surface area contributed by atoms with Crippen LogP contribution in [0.25, 0.3) is 0 Å². The second-order valence-electron chi connectivity index (χ2n) is 5.76. The van der Waals surface area contributed by atoms with Crippen LogP contribution in [0.1, 0.15) is 43.4 Å². The fourth-order valence-corrected chi connectivity index (χ4v) is 2.35. The third-order valence-corrected chi connectivity index (χ3v) is 4.15. The molecule has 1 aliphatic rings. The molecule has 0 heterocycles. The van der Waals surface area contributed by atoms with Crippen molar-refractivity contribution in [1.82, 2.24) is 5.32 Å². The van der Waals surface area contributed by atoms with Gasteiger partial charge in [0.15, 0.2) is 0 Å². The van der Waals surface area contributed by atoms with E-state index < -0.39 is 0 Å². The monoisotopic (exact) mass is 247 g/mol. The molecule has 2 nitrogen and oxygen atoms in total. The first-order valence-electron chi connectivity index (χ1n) is 6.94. The fourth-order valence-electron chi connectivity index (χ4n) is 2.35. The van der Waals surface area contributed by atoms with E-state index in [1.165, 1.54) is 30.4 Å². The molecule has 0 bridgehead atoms. The van der Waals surface area contributed by atoms with Crippen molar-refractivity contribution in [3.63, 3.8) is 0 Å². The number of ether oxygens (including phenoxy) is 1. The Morgan fingerprint density at radius 3 is 2.50 bits per heavy atom. The zero-order valence-corrected chi connectivity index (χ0v) is 11.8. The Morgan fingerprint density at radius 1 is 1.28 bits per heavy atom. The second-order valence-corrected chi connectivity index (χ2v) is 5.76. The molecule has 0 amide bonds. The van der Waals surface area contributed by atoms with Gasteiger partial charge in [0.05, 0.1) is 0 Å². The van der Waals surface area contributed by atoms with E-state index in [9.17, 15) is 0 Å². The van der Waals surface area contributed by atoms with Gasteiger partial charge in [-0.25, -0.2) is 0 Å². The first-order chi connectivity index (χ1) is 8.65. The van der Waals surface area contributed by atoms with Gasteiger partial charge in [-0.1, -0.05) is 29.8 Å². The Labute approximate surface area is 111 Å². The van der Waals surface area contributed by atoms with Crippen LogP contribution in [0.3, 0.4) is 0 Å². The summed E-state index contributed by atoms with van der Waals surface area (Å²) in [7, 11) is 1.79. The van der Waals surface area contributed by atoms with Crippen molar-refractivity contribution in [2.24, 2.45) is 5.41 Å². The maximum Gasteiger partial charge on any atom is 0.0468 e. The summed E-state index contributed by atoms with van der Waals surface area (Å²) in [6, 6.07) is 9.26. The van der Waals surface area contributed by atoms with Crippen molar-refractivity contribution in [3.8, 4) is 0 Å². The number of nitrogens with one attached hydrogen (secondary N) is 1. The van der Waals surface area contributed by atoms with Crippen LogP contribution in [0, 0.1) is 12.3 Å². The van der Waals surface area contributed by atoms with Crippen molar-refractivity contribution >= 4 is 0 Å². The highest BCUT2D eigenvalue weighted by Crippen LogP contribution is 2.48. The number of rotatable bonds is 7. The third-order valence-electron chi connectivity index (χ3n) is 4.15. The Bertz CT molecular complexity index is 367. The van der Waals surface area contributed by atoms with Gasteiger partial charge in [-0.3, -0.25) is 0 Å². The summed E-state index contributed by atoms with van der Waals surface area (Å²) < 4.78 is 5.19. The highest BCUT2D eigenvalue weighted by molar-refractivity contribution is 5.23. The summed E-state index contributed by atoms with van der Waals surface area (Å²) in [5.74, 6) is 0. The highest BCUT2D eigenvalue weighted by Gasteiger charge is 2.41. The van der Waals surface area contributed by atoms with Gasteiger partial charge in [0.2, 0.25) is 0 Å². The van der Waals surface area contributed by atoms with Crippen LogP contribution in [-0.2, 0) is 4.74 Å². The molecule has 0 aliphatic heterocycles. The van der Waals surface area contributed by atoms with Crippen LogP contribution < -0.4 is 5.32 Å². The Morgan fingerprint density at radius 2 is 1.94 bits per heavy atom. The minimum absolute atomic E-state index is 0.436. The molecule has 2 heteroatoms. The molecule has 1 saturated carbocycles. The lowest BCUT2D eigenvalue weighted by atomic mass is 10.0. The number of hydrogen-bond donors (Lipinski definition) is 1. The molecular formula is C16H25NO. The summed E-state index contributed by atoms with van der Waals surface area (Å²) in [5, 5.41) is 3.67. The van der Waals surface area contributed by atoms with Gasteiger partial charge < -0.3 is 10.1 Å². The van der Waals surface area contributed by atoms with Crippen LogP contribution in [0.15, 0.2) is 24.3 Å². The number of aryl methyl sites for hydroxylation is 1. The Kier molecular flexibility index (Phi) is 4.41. The normalized spacial score (nSPS) is 18.6. The highest BCUT2D eigenvalue weighted by atomic mass is 16.5. The minimum Gasteiger partial charge on any atom is -0.385 e. The molecule has 1 unspecified atom stereocenters. The molecule has 0 radical (unpaired) electrons. The zero-order valence-electron chi connectivity index (χ0n) is 11.8. The summed E-state index contributed by atoms with van der Waals surface area (Å²) in [5.41, 5.74) is 3.22. The molecule has 1 N–H and O–H groups in total. The average molecular weight is 247 g/mol. The quantitative estimate of drug-likeness (QED) is 0.796. The lowest BCUT2D eigenvalue weighted by Crippen LogP contribution is -2.27. The van der Waals surface area contributed by atoms with Crippen LogP contribution in [0.5, 0.6) is 0 Å². The van der Waals surface area contributed by atoms with Crippen molar-refractivity contribution in [3.05, 3.63) is 35.4 Å². The Balaban J connectivity index is 1.81. The van der Waals surface area contributed by atoms with Crippen LogP contribution in [0.2, 0.25) is 0 Å². The van der Waals surface area contributed by atoms with Crippen LogP contribution in [-0.4, -0.2) is 20.3 Å². The van der Waals surface area contributed by atoms with Gasteiger partial charge in [0.1, 0.15) is 0 Å². The molecule has 1 aliphatic carbocycles. The van der Waals surface area contributed by atoms with E-state index in [4.69, 9.17) is 4.74 Å². The molecule has 0 aromatic heterocycles. The lowest BCUT2D eigenvalue weighted by Gasteiger charge is -2.20. The van der Waals surface area contributed by atoms with E-state index in [0.29, 0.717) is 11.5 Å². The van der Waals surface area contributed by atoms with E-state index in [1.807, 2.05) is 0 Å². The molecule has 100 valence electrons. The minimum atomic E-state index is 0.436. The van der Waals surface area contributed by atoms with Gasteiger partial charge in [0.25, 0.3) is 0 Å². The molecule has 18 heavy (non-hydrogen) atoms. The van der Waals surface area contributed by atoms with E-state index in [1.54, 1.807) is 7.11 Å². The van der Waals surface area contributed by atoms with E-state index >= 15 is 0 Å². The summed E-state index contributed by atoms with van der Waals surface area (Å²) in [4.78, 5) is 0. The van der Waals surface area contributed by atoms with Crippen molar-refractivity contribution in [2.45, 2.75) is 39.2 Å². The number of hydrogen-bond acceptors (Lipinski definition) is 2. The SMILES string of the molecule is COCCC1(CNC(C)c2ccc(C)cc2)CC1. The molecule has 0 saturated heterocycles. The van der Waals surface area contributed by atoms with Gasteiger partial charge in [-0.2, -0.15) is 0 Å². The van der Waals surface area contributed by atoms with E-state index in [2.05, 4.69) is 43.4 Å². The predicted molar refractivity (Wildman–Crippen MR) is 75.8 cm³/mol. The largest absolute Gasteiger partial charge is 0.385 e. The van der Waals surface area contributed by atoms with Crippen LogP contribution in [0.4, 0.5) is 0 Å². The molecular weight excluding hydrogens is 222 g/mol. The van der Waals surface area contributed by atoms with Gasteiger partial charge in [-0.15, -0.1) is 0 Å². The smallest absolute Gasteiger partial charge is 0.0468 e. The topological polar surface area (TPSA) is 21.3 Å². The Hall–Kier alpha value is -0.860.